The monoisotopic (exact) mass is 235 g/mol. The highest BCUT2D eigenvalue weighted by atomic mass is 32.1. The van der Waals surface area contributed by atoms with Crippen LogP contribution in [0, 0.1) is 0 Å². The van der Waals surface area contributed by atoms with Crippen LogP contribution in [-0.2, 0) is 0 Å². The third kappa shape index (κ3) is 2.32. The smallest absolute Gasteiger partial charge is 0.129 e. The van der Waals surface area contributed by atoms with E-state index in [9.17, 15) is 0 Å². The van der Waals surface area contributed by atoms with Crippen LogP contribution < -0.4 is 10.2 Å². The molecule has 0 atom stereocenters. The van der Waals surface area contributed by atoms with Gasteiger partial charge in [-0.05, 0) is 24.6 Å². The van der Waals surface area contributed by atoms with Crippen LogP contribution in [0.5, 0.6) is 0 Å². The van der Waals surface area contributed by atoms with Gasteiger partial charge in [-0.2, -0.15) is 0 Å². The van der Waals surface area contributed by atoms with Crippen LogP contribution in [-0.4, -0.2) is 33.0 Å². The molecule has 0 amide bonds. The van der Waals surface area contributed by atoms with Gasteiger partial charge in [0.2, 0.25) is 0 Å². The molecule has 16 heavy (non-hydrogen) atoms. The summed E-state index contributed by atoms with van der Waals surface area (Å²) in [5.74, 6) is 0.974. The van der Waals surface area contributed by atoms with E-state index in [-0.39, 0.29) is 0 Å². The molecule has 3 nitrogen and oxygen atoms in total. The van der Waals surface area contributed by atoms with Gasteiger partial charge in [0.05, 0.1) is 0 Å². The Balaban J connectivity index is 2.32. The predicted octanol–water partition coefficient (Wildman–Crippen LogP) is 1.78. The minimum atomic E-state index is 0.908. The van der Waals surface area contributed by atoms with Crippen molar-refractivity contribution in [3.63, 3.8) is 0 Å². The van der Waals surface area contributed by atoms with Gasteiger partial charge in [-0.1, -0.05) is 0 Å². The highest BCUT2D eigenvalue weighted by Gasteiger charge is 2.10. The average Bonchev–Trinajstić information content (AvgIpc) is 2.30. The molecule has 1 N–H and O–H groups in total. The molecule has 0 fully saturated rings. The lowest BCUT2D eigenvalue weighted by molar-refractivity contribution is 0.741. The van der Waals surface area contributed by atoms with Gasteiger partial charge < -0.3 is 10.2 Å². The minimum Gasteiger partial charge on any atom is -0.378 e. The topological polar surface area (TPSA) is 27.6 Å². The van der Waals surface area contributed by atoms with Crippen LogP contribution in [0.2, 0.25) is 0 Å². The second kappa shape index (κ2) is 4.78. The minimum absolute atomic E-state index is 0.908. The first-order valence-electron chi connectivity index (χ1n) is 5.47. The zero-order valence-electron chi connectivity index (χ0n) is 9.70. The standard InChI is InChI=1S/C12H17N3S/c1-15(2)9-4-5-10(11(16)8-9)12-13-6-3-7-14-12/h4-5,8,16H,3,6-7H2,1-2H3,(H,13,14). The molecule has 0 unspecified atom stereocenters. The summed E-state index contributed by atoms with van der Waals surface area (Å²) in [5, 5.41) is 3.31. The lowest BCUT2D eigenvalue weighted by Crippen LogP contribution is -2.30. The highest BCUT2D eigenvalue weighted by molar-refractivity contribution is 7.80. The van der Waals surface area contributed by atoms with Crippen LogP contribution in [0.15, 0.2) is 28.1 Å². The Morgan fingerprint density at radius 1 is 1.38 bits per heavy atom. The molecular formula is C12H17N3S. The summed E-state index contributed by atoms with van der Waals surface area (Å²) >= 11 is 4.52. The Morgan fingerprint density at radius 3 is 2.75 bits per heavy atom. The molecule has 0 saturated carbocycles. The Kier molecular flexibility index (Phi) is 3.39. The Labute approximate surface area is 102 Å². The number of hydrogen-bond donors (Lipinski definition) is 2. The third-order valence-electron chi connectivity index (χ3n) is 2.65. The summed E-state index contributed by atoms with van der Waals surface area (Å²) in [7, 11) is 4.05. The van der Waals surface area contributed by atoms with E-state index in [0.29, 0.717) is 0 Å². The summed E-state index contributed by atoms with van der Waals surface area (Å²) in [5.41, 5.74) is 2.25. The van der Waals surface area contributed by atoms with Crippen molar-refractivity contribution in [2.45, 2.75) is 11.3 Å². The normalized spacial score (nSPS) is 15.3. The van der Waals surface area contributed by atoms with Crippen LogP contribution in [0.1, 0.15) is 12.0 Å². The number of aliphatic imine (C=N–C) groups is 1. The molecule has 86 valence electrons. The van der Waals surface area contributed by atoms with Gasteiger partial charge >= 0.3 is 0 Å². The summed E-state index contributed by atoms with van der Waals surface area (Å²) < 4.78 is 0. The lowest BCUT2D eigenvalue weighted by atomic mass is 10.1. The summed E-state index contributed by atoms with van der Waals surface area (Å²) in [6, 6.07) is 6.24. The average molecular weight is 235 g/mol. The van der Waals surface area contributed by atoms with Crippen molar-refractivity contribution < 1.29 is 0 Å². The van der Waals surface area contributed by atoms with Crippen molar-refractivity contribution in [1.82, 2.24) is 5.32 Å². The first-order chi connectivity index (χ1) is 7.68. The molecule has 0 aromatic heterocycles. The molecule has 0 spiro atoms. The summed E-state index contributed by atoms with van der Waals surface area (Å²) in [4.78, 5) is 7.52. The maximum absolute atomic E-state index is 4.52. The first-order valence-corrected chi connectivity index (χ1v) is 5.92. The molecule has 1 aliphatic heterocycles. The van der Waals surface area contributed by atoms with Gasteiger partial charge in [0.1, 0.15) is 5.84 Å². The number of nitrogens with one attached hydrogen (secondary N) is 1. The second-order valence-electron chi connectivity index (χ2n) is 4.11. The van der Waals surface area contributed by atoms with Crippen molar-refractivity contribution in [3.8, 4) is 0 Å². The van der Waals surface area contributed by atoms with E-state index >= 15 is 0 Å². The molecule has 2 rings (SSSR count). The van der Waals surface area contributed by atoms with Gasteiger partial charge in [0, 0.05) is 43.3 Å². The SMILES string of the molecule is CN(C)c1ccc(C2=NCCCN2)c(S)c1. The van der Waals surface area contributed by atoms with Gasteiger partial charge in [0.15, 0.2) is 0 Å². The van der Waals surface area contributed by atoms with Crippen molar-refractivity contribution >= 4 is 24.2 Å². The predicted molar refractivity (Wildman–Crippen MR) is 72.0 cm³/mol. The maximum atomic E-state index is 4.52. The number of amidine groups is 1. The molecule has 1 aliphatic rings. The summed E-state index contributed by atoms with van der Waals surface area (Å²) in [6.45, 7) is 1.91. The van der Waals surface area contributed by atoms with E-state index in [1.54, 1.807) is 0 Å². The fraction of sp³-hybridized carbons (Fsp3) is 0.417. The number of rotatable bonds is 2. The number of nitrogens with zero attached hydrogens (tertiary/aromatic N) is 2. The van der Waals surface area contributed by atoms with E-state index in [1.165, 1.54) is 0 Å². The second-order valence-corrected chi connectivity index (χ2v) is 4.59. The Hall–Kier alpha value is -1.16. The van der Waals surface area contributed by atoms with E-state index in [4.69, 9.17) is 0 Å². The zero-order chi connectivity index (χ0) is 11.5. The number of thiol groups is 1. The molecule has 0 radical (unpaired) electrons. The van der Waals surface area contributed by atoms with Crippen molar-refractivity contribution in [1.29, 1.82) is 0 Å². The molecule has 1 heterocycles. The Bertz CT molecular complexity index is 413. The number of anilines is 1. The molecule has 0 aliphatic carbocycles. The number of benzene rings is 1. The molecule has 0 bridgehead atoms. The third-order valence-corrected chi connectivity index (χ3v) is 3.02. The van der Waals surface area contributed by atoms with Crippen LogP contribution >= 0.6 is 12.6 Å². The van der Waals surface area contributed by atoms with Gasteiger partial charge in [-0.3, -0.25) is 4.99 Å². The van der Waals surface area contributed by atoms with E-state index in [2.05, 4.69) is 46.0 Å². The largest absolute Gasteiger partial charge is 0.378 e. The quantitative estimate of drug-likeness (QED) is 0.765. The number of hydrogen-bond acceptors (Lipinski definition) is 4. The van der Waals surface area contributed by atoms with Crippen molar-refractivity contribution in [2.75, 3.05) is 32.1 Å². The molecule has 1 aromatic carbocycles. The van der Waals surface area contributed by atoms with E-state index in [1.807, 2.05) is 14.1 Å². The molecule has 1 aromatic rings. The van der Waals surface area contributed by atoms with E-state index < -0.39 is 0 Å². The molecular weight excluding hydrogens is 218 g/mol. The van der Waals surface area contributed by atoms with Crippen LogP contribution in [0.3, 0.4) is 0 Å². The van der Waals surface area contributed by atoms with Crippen LogP contribution in [0.4, 0.5) is 5.69 Å². The van der Waals surface area contributed by atoms with Crippen LogP contribution in [0.25, 0.3) is 0 Å². The van der Waals surface area contributed by atoms with Gasteiger partial charge in [0.25, 0.3) is 0 Å². The van der Waals surface area contributed by atoms with Crippen molar-refractivity contribution in [3.05, 3.63) is 23.8 Å². The van der Waals surface area contributed by atoms with Gasteiger partial charge in [-0.25, -0.2) is 0 Å². The van der Waals surface area contributed by atoms with Gasteiger partial charge in [-0.15, -0.1) is 12.6 Å². The molecule has 4 heteroatoms. The summed E-state index contributed by atoms with van der Waals surface area (Å²) in [6.07, 6.45) is 1.11. The lowest BCUT2D eigenvalue weighted by Gasteiger charge is -2.18. The Morgan fingerprint density at radius 2 is 2.19 bits per heavy atom. The zero-order valence-corrected chi connectivity index (χ0v) is 10.6. The fourth-order valence-electron chi connectivity index (χ4n) is 1.71. The van der Waals surface area contributed by atoms with Crippen molar-refractivity contribution in [2.24, 2.45) is 4.99 Å². The highest BCUT2D eigenvalue weighted by Crippen LogP contribution is 2.21. The van der Waals surface area contributed by atoms with E-state index in [0.717, 1.165) is 41.5 Å². The maximum Gasteiger partial charge on any atom is 0.129 e. The fourth-order valence-corrected chi connectivity index (χ4v) is 2.02. The molecule has 0 saturated heterocycles. The first kappa shape index (κ1) is 11.3.